The van der Waals surface area contributed by atoms with Gasteiger partial charge in [-0.1, -0.05) is 24.4 Å². The van der Waals surface area contributed by atoms with E-state index >= 15 is 0 Å². The molecule has 3 fully saturated rings. The number of ether oxygens (including phenoxy) is 1. The van der Waals surface area contributed by atoms with Crippen LogP contribution in [-0.2, 0) is 33.9 Å². The standard InChI is InChI=1S/C23H28ClN3O7S/c1-15(27-21(29)18-4-2-3-5-19(18)22(27)30)23(31)34-14-20(28)25-10-12-26(13-11-25)35(32,33)17-8-6-16(24)7-9-17/h6-9,15,18-19H,2-5,10-14H2,1H3/t15-,18-,19-/m0/s1. The molecule has 0 N–H and O–H groups in total. The number of imide groups is 1. The predicted molar refractivity (Wildman–Crippen MR) is 125 cm³/mol. The molecule has 1 saturated carbocycles. The van der Waals surface area contributed by atoms with E-state index in [9.17, 15) is 27.6 Å². The Bertz CT molecular complexity index is 1090. The van der Waals surface area contributed by atoms with Crippen molar-refractivity contribution in [1.82, 2.24) is 14.1 Å². The Balaban J connectivity index is 1.28. The van der Waals surface area contributed by atoms with E-state index in [0.29, 0.717) is 17.9 Å². The zero-order valence-electron chi connectivity index (χ0n) is 19.4. The number of hydrogen-bond acceptors (Lipinski definition) is 7. The number of sulfonamides is 1. The van der Waals surface area contributed by atoms with Crippen molar-refractivity contribution in [2.24, 2.45) is 11.8 Å². The second kappa shape index (κ2) is 10.2. The summed E-state index contributed by atoms with van der Waals surface area (Å²) < 4.78 is 32.0. The van der Waals surface area contributed by atoms with Crippen molar-refractivity contribution in [2.75, 3.05) is 32.8 Å². The molecule has 12 heteroatoms. The summed E-state index contributed by atoms with van der Waals surface area (Å²) >= 11 is 5.83. The number of amides is 3. The molecule has 2 heterocycles. The number of rotatable bonds is 6. The molecule has 0 bridgehead atoms. The highest BCUT2D eigenvalue weighted by Gasteiger charge is 2.51. The minimum absolute atomic E-state index is 0.0978. The summed E-state index contributed by atoms with van der Waals surface area (Å²) in [5, 5.41) is 0.431. The molecule has 3 amide bonds. The maximum atomic E-state index is 12.8. The van der Waals surface area contributed by atoms with Gasteiger partial charge in [-0.25, -0.2) is 13.2 Å². The number of nitrogens with zero attached hydrogens (tertiary/aromatic N) is 3. The number of carbonyl (C=O) groups excluding carboxylic acids is 4. The lowest BCUT2D eigenvalue weighted by atomic mass is 9.81. The van der Waals surface area contributed by atoms with Crippen molar-refractivity contribution in [3.8, 4) is 0 Å². The van der Waals surface area contributed by atoms with E-state index in [-0.39, 0.29) is 54.7 Å². The second-order valence-electron chi connectivity index (χ2n) is 9.07. The number of benzene rings is 1. The summed E-state index contributed by atoms with van der Waals surface area (Å²) in [5.74, 6) is -2.70. The molecule has 1 aromatic rings. The third kappa shape index (κ3) is 5.07. The summed E-state index contributed by atoms with van der Waals surface area (Å²) in [6, 6.07) is 4.76. The fourth-order valence-electron chi connectivity index (χ4n) is 4.95. The van der Waals surface area contributed by atoms with Crippen LogP contribution in [0.4, 0.5) is 0 Å². The van der Waals surface area contributed by atoms with Crippen molar-refractivity contribution in [3.05, 3.63) is 29.3 Å². The first-order valence-corrected chi connectivity index (χ1v) is 13.5. The highest BCUT2D eigenvalue weighted by Crippen LogP contribution is 2.38. The van der Waals surface area contributed by atoms with Crippen LogP contribution in [0.25, 0.3) is 0 Å². The lowest BCUT2D eigenvalue weighted by Crippen LogP contribution is -2.51. The summed E-state index contributed by atoms with van der Waals surface area (Å²) in [5.41, 5.74) is 0. The van der Waals surface area contributed by atoms with Crippen LogP contribution < -0.4 is 0 Å². The highest BCUT2D eigenvalue weighted by atomic mass is 35.5. The van der Waals surface area contributed by atoms with Gasteiger partial charge in [0.25, 0.3) is 5.91 Å². The van der Waals surface area contributed by atoms with Gasteiger partial charge in [0.2, 0.25) is 21.8 Å². The molecule has 0 aromatic heterocycles. The van der Waals surface area contributed by atoms with Crippen LogP contribution in [0.3, 0.4) is 0 Å². The highest BCUT2D eigenvalue weighted by molar-refractivity contribution is 7.89. The van der Waals surface area contributed by atoms with E-state index in [0.717, 1.165) is 17.7 Å². The number of halogens is 1. The number of carbonyl (C=O) groups is 4. The average molecular weight is 526 g/mol. The normalized spacial score (nSPS) is 24.3. The molecule has 0 radical (unpaired) electrons. The summed E-state index contributed by atoms with van der Waals surface area (Å²) in [6.07, 6.45) is 3.06. The fourth-order valence-corrected chi connectivity index (χ4v) is 6.50. The van der Waals surface area contributed by atoms with Crippen molar-refractivity contribution in [1.29, 1.82) is 0 Å². The van der Waals surface area contributed by atoms with E-state index in [1.165, 1.54) is 40.4 Å². The van der Waals surface area contributed by atoms with E-state index in [2.05, 4.69) is 0 Å². The van der Waals surface area contributed by atoms with Crippen molar-refractivity contribution in [2.45, 2.75) is 43.5 Å². The lowest BCUT2D eigenvalue weighted by Gasteiger charge is -2.34. The Kier molecular flexibility index (Phi) is 7.48. The van der Waals surface area contributed by atoms with E-state index in [1.54, 1.807) is 0 Å². The number of piperazine rings is 1. The van der Waals surface area contributed by atoms with Gasteiger partial charge >= 0.3 is 5.97 Å². The largest absolute Gasteiger partial charge is 0.454 e. The van der Waals surface area contributed by atoms with Gasteiger partial charge in [-0.05, 0) is 44.0 Å². The Hall–Kier alpha value is -2.50. The molecule has 0 unspecified atom stereocenters. The molecule has 2 saturated heterocycles. The summed E-state index contributed by atoms with van der Waals surface area (Å²) in [7, 11) is -3.71. The molecule has 1 aromatic carbocycles. The summed E-state index contributed by atoms with van der Waals surface area (Å²) in [4.78, 5) is 53.0. The summed E-state index contributed by atoms with van der Waals surface area (Å²) in [6.45, 7) is 1.37. The van der Waals surface area contributed by atoms with Gasteiger partial charge in [0.05, 0.1) is 16.7 Å². The molecule has 2 aliphatic heterocycles. The maximum absolute atomic E-state index is 12.8. The van der Waals surface area contributed by atoms with Gasteiger partial charge in [0.15, 0.2) is 6.61 Å². The molecule has 4 rings (SSSR count). The molecule has 1 aliphatic carbocycles. The topological polar surface area (TPSA) is 121 Å². The molecule has 0 spiro atoms. The first-order valence-electron chi connectivity index (χ1n) is 11.7. The first-order chi connectivity index (χ1) is 16.6. The average Bonchev–Trinajstić information content (AvgIpc) is 3.12. The van der Waals surface area contributed by atoms with Crippen molar-refractivity contribution >= 4 is 45.3 Å². The second-order valence-corrected chi connectivity index (χ2v) is 11.4. The lowest BCUT2D eigenvalue weighted by molar-refractivity contribution is -0.161. The number of esters is 1. The van der Waals surface area contributed by atoms with Gasteiger partial charge in [-0.15, -0.1) is 0 Å². The fraction of sp³-hybridized carbons (Fsp3) is 0.565. The number of fused-ring (bicyclic) bond motifs is 1. The Morgan fingerprint density at radius 2 is 1.54 bits per heavy atom. The van der Waals surface area contributed by atoms with Crippen LogP contribution in [0.15, 0.2) is 29.2 Å². The zero-order chi connectivity index (χ0) is 25.3. The molecular formula is C23H28ClN3O7S. The molecule has 3 aliphatic rings. The van der Waals surface area contributed by atoms with E-state index in [1.807, 2.05) is 0 Å². The maximum Gasteiger partial charge on any atom is 0.329 e. The van der Waals surface area contributed by atoms with Crippen molar-refractivity contribution < 1.29 is 32.3 Å². The molecule has 3 atom stereocenters. The van der Waals surface area contributed by atoms with E-state index in [4.69, 9.17) is 16.3 Å². The first kappa shape index (κ1) is 25.6. The van der Waals surface area contributed by atoms with Crippen LogP contribution in [-0.4, -0.2) is 85.0 Å². The quantitative estimate of drug-likeness (QED) is 0.405. The minimum Gasteiger partial charge on any atom is -0.454 e. The number of likely N-dealkylation sites (tertiary alicyclic amines) is 1. The van der Waals surface area contributed by atoms with Crippen LogP contribution in [0.5, 0.6) is 0 Å². The van der Waals surface area contributed by atoms with Gasteiger partial charge in [-0.2, -0.15) is 4.31 Å². The Labute approximate surface area is 209 Å². The van der Waals surface area contributed by atoms with Crippen LogP contribution in [0, 0.1) is 11.8 Å². The smallest absolute Gasteiger partial charge is 0.329 e. The molecule has 190 valence electrons. The van der Waals surface area contributed by atoms with Gasteiger partial charge < -0.3 is 9.64 Å². The SMILES string of the molecule is C[C@@H](C(=O)OCC(=O)N1CCN(S(=O)(=O)c2ccc(Cl)cc2)CC1)N1C(=O)[C@H]2CCCC[C@@H]2C1=O. The number of hydrogen-bond donors (Lipinski definition) is 0. The molecule has 35 heavy (non-hydrogen) atoms. The molecular weight excluding hydrogens is 498 g/mol. The van der Waals surface area contributed by atoms with Gasteiger partial charge in [0.1, 0.15) is 6.04 Å². The monoisotopic (exact) mass is 525 g/mol. The van der Waals surface area contributed by atoms with Crippen LogP contribution in [0.1, 0.15) is 32.6 Å². The van der Waals surface area contributed by atoms with Crippen LogP contribution in [0.2, 0.25) is 5.02 Å². The van der Waals surface area contributed by atoms with E-state index < -0.39 is 34.5 Å². The predicted octanol–water partition coefficient (Wildman–Crippen LogP) is 1.28. The van der Waals surface area contributed by atoms with Gasteiger partial charge in [-0.3, -0.25) is 19.3 Å². The third-order valence-electron chi connectivity index (χ3n) is 6.98. The molecule has 10 nitrogen and oxygen atoms in total. The zero-order valence-corrected chi connectivity index (χ0v) is 21.0. The van der Waals surface area contributed by atoms with Gasteiger partial charge in [0, 0.05) is 31.2 Å². The Morgan fingerprint density at radius 3 is 2.09 bits per heavy atom. The van der Waals surface area contributed by atoms with Crippen molar-refractivity contribution in [3.63, 3.8) is 0 Å². The third-order valence-corrected chi connectivity index (χ3v) is 9.15. The minimum atomic E-state index is -3.71. The Morgan fingerprint density at radius 1 is 1.00 bits per heavy atom. The van der Waals surface area contributed by atoms with Crippen LogP contribution >= 0.6 is 11.6 Å².